The minimum absolute atomic E-state index is 0.161. The van der Waals surface area contributed by atoms with Crippen LogP contribution < -0.4 is 5.32 Å². The lowest BCUT2D eigenvalue weighted by molar-refractivity contribution is -0.148. The maximum Gasteiger partial charge on any atom is 0.327 e. The molecule has 1 saturated heterocycles. The number of carbonyl (C=O) groups is 1. The Balaban J connectivity index is 2.61. The molecular weight excluding hydrogens is 240 g/mol. The molecule has 1 aliphatic rings. The van der Waals surface area contributed by atoms with Gasteiger partial charge in [0.15, 0.2) is 0 Å². The molecule has 4 nitrogen and oxygen atoms in total. The van der Waals surface area contributed by atoms with Gasteiger partial charge in [0.05, 0.1) is 7.11 Å². The number of methoxy groups -OCH3 is 1. The number of hydrogen-bond acceptors (Lipinski definition) is 4. The Morgan fingerprint density at radius 1 is 1.37 bits per heavy atom. The summed E-state index contributed by atoms with van der Waals surface area (Å²) in [6.07, 6.45) is 5.08. The average Bonchev–Trinajstić information content (AvgIpc) is 2.63. The van der Waals surface area contributed by atoms with Gasteiger partial charge in [0.1, 0.15) is 5.54 Å². The number of rotatable bonds is 6. The van der Waals surface area contributed by atoms with Crippen molar-refractivity contribution in [2.24, 2.45) is 5.92 Å². The number of likely N-dealkylation sites (tertiary alicyclic amines) is 1. The number of carbonyl (C=O) groups excluding carboxylic acids is 1. The van der Waals surface area contributed by atoms with Crippen LogP contribution in [0.4, 0.5) is 0 Å². The molecule has 1 rings (SSSR count). The quantitative estimate of drug-likeness (QED) is 0.750. The topological polar surface area (TPSA) is 41.6 Å². The second kappa shape index (κ2) is 7.85. The van der Waals surface area contributed by atoms with E-state index >= 15 is 0 Å². The molecule has 0 aromatic carbocycles. The van der Waals surface area contributed by atoms with E-state index in [2.05, 4.69) is 17.1 Å². The number of hydrogen-bond donors (Lipinski definition) is 1. The van der Waals surface area contributed by atoms with Crippen LogP contribution in [0.2, 0.25) is 0 Å². The van der Waals surface area contributed by atoms with E-state index in [1.807, 2.05) is 13.8 Å². The lowest BCUT2D eigenvalue weighted by Gasteiger charge is -2.33. The van der Waals surface area contributed by atoms with Crippen LogP contribution >= 0.6 is 0 Å². The molecule has 1 heterocycles. The van der Waals surface area contributed by atoms with Crippen LogP contribution in [0, 0.1) is 5.92 Å². The molecule has 112 valence electrons. The predicted octanol–water partition coefficient (Wildman–Crippen LogP) is 2.04. The summed E-state index contributed by atoms with van der Waals surface area (Å²) in [6, 6.07) is 0. The van der Waals surface area contributed by atoms with E-state index in [1.165, 1.54) is 32.8 Å². The third-order valence-corrected chi connectivity index (χ3v) is 4.26. The Kier molecular flexibility index (Phi) is 6.80. The third-order valence-electron chi connectivity index (χ3n) is 4.26. The molecule has 1 aliphatic heterocycles. The average molecular weight is 270 g/mol. The van der Waals surface area contributed by atoms with Crippen molar-refractivity contribution in [2.45, 2.75) is 52.0 Å². The summed E-state index contributed by atoms with van der Waals surface area (Å²) in [7, 11) is 1.47. The predicted molar refractivity (Wildman–Crippen MR) is 78.2 cm³/mol. The van der Waals surface area contributed by atoms with Gasteiger partial charge in [-0.15, -0.1) is 0 Å². The van der Waals surface area contributed by atoms with Crippen molar-refractivity contribution in [1.29, 1.82) is 0 Å². The standard InChI is InChI=1S/C15H30N2O2/c1-5-13-8-7-10-17(11-9-13)12-15(3,16-6-2)14(18)19-4/h13,16H,5-12H2,1-4H3. The van der Waals surface area contributed by atoms with Gasteiger partial charge in [-0.05, 0) is 51.7 Å². The van der Waals surface area contributed by atoms with Crippen molar-refractivity contribution in [3.63, 3.8) is 0 Å². The molecule has 2 unspecified atom stereocenters. The van der Waals surface area contributed by atoms with Gasteiger partial charge in [-0.2, -0.15) is 0 Å². The molecule has 0 aromatic rings. The maximum absolute atomic E-state index is 12.0. The SMILES string of the molecule is CCNC(C)(CN1CCCC(CC)CC1)C(=O)OC. The van der Waals surface area contributed by atoms with E-state index in [0.717, 1.165) is 32.1 Å². The summed E-state index contributed by atoms with van der Waals surface area (Å²) in [6.45, 7) is 9.95. The Labute approximate surface area is 117 Å². The van der Waals surface area contributed by atoms with Gasteiger partial charge in [-0.25, -0.2) is 0 Å². The molecule has 0 amide bonds. The van der Waals surface area contributed by atoms with Crippen molar-refractivity contribution < 1.29 is 9.53 Å². The van der Waals surface area contributed by atoms with Crippen molar-refractivity contribution in [2.75, 3.05) is 33.3 Å². The Bertz CT molecular complexity index is 283. The Morgan fingerprint density at radius 3 is 2.68 bits per heavy atom. The van der Waals surface area contributed by atoms with E-state index < -0.39 is 5.54 Å². The first-order chi connectivity index (χ1) is 9.05. The highest BCUT2D eigenvalue weighted by molar-refractivity contribution is 5.80. The molecule has 0 spiro atoms. The summed E-state index contributed by atoms with van der Waals surface area (Å²) >= 11 is 0. The van der Waals surface area contributed by atoms with Gasteiger partial charge in [-0.1, -0.05) is 20.3 Å². The van der Waals surface area contributed by atoms with Gasteiger partial charge >= 0.3 is 5.97 Å². The van der Waals surface area contributed by atoms with E-state index in [4.69, 9.17) is 4.74 Å². The van der Waals surface area contributed by atoms with Crippen LogP contribution in [0.5, 0.6) is 0 Å². The Hall–Kier alpha value is -0.610. The highest BCUT2D eigenvalue weighted by Gasteiger charge is 2.35. The van der Waals surface area contributed by atoms with Gasteiger partial charge in [0.2, 0.25) is 0 Å². The van der Waals surface area contributed by atoms with Crippen molar-refractivity contribution >= 4 is 5.97 Å². The first-order valence-electron chi connectivity index (χ1n) is 7.61. The fourth-order valence-corrected chi connectivity index (χ4v) is 3.05. The van der Waals surface area contributed by atoms with E-state index in [0.29, 0.717) is 0 Å². The van der Waals surface area contributed by atoms with Crippen LogP contribution in [0.3, 0.4) is 0 Å². The first kappa shape index (κ1) is 16.4. The summed E-state index contributed by atoms with van der Waals surface area (Å²) in [5.74, 6) is 0.694. The molecule has 0 bridgehead atoms. The summed E-state index contributed by atoms with van der Waals surface area (Å²) in [5, 5.41) is 3.29. The fourth-order valence-electron chi connectivity index (χ4n) is 3.05. The van der Waals surface area contributed by atoms with E-state index in [9.17, 15) is 4.79 Å². The molecule has 0 aliphatic carbocycles. The molecular formula is C15H30N2O2. The lowest BCUT2D eigenvalue weighted by atomic mass is 9.98. The maximum atomic E-state index is 12.0. The Morgan fingerprint density at radius 2 is 2.11 bits per heavy atom. The number of likely N-dealkylation sites (N-methyl/N-ethyl adjacent to an activating group) is 1. The second-order valence-electron chi connectivity index (χ2n) is 5.84. The number of ether oxygens (including phenoxy) is 1. The normalized spacial score (nSPS) is 24.5. The molecule has 19 heavy (non-hydrogen) atoms. The summed E-state index contributed by atoms with van der Waals surface area (Å²) in [4.78, 5) is 14.4. The van der Waals surface area contributed by atoms with Crippen molar-refractivity contribution in [1.82, 2.24) is 10.2 Å². The van der Waals surface area contributed by atoms with Crippen LogP contribution in [0.15, 0.2) is 0 Å². The number of nitrogens with zero attached hydrogens (tertiary/aromatic N) is 1. The van der Waals surface area contributed by atoms with E-state index in [1.54, 1.807) is 0 Å². The minimum atomic E-state index is -0.588. The molecule has 0 aromatic heterocycles. The molecule has 0 radical (unpaired) electrons. The molecule has 1 fully saturated rings. The zero-order chi connectivity index (χ0) is 14.3. The number of nitrogens with one attached hydrogen (secondary N) is 1. The number of esters is 1. The fraction of sp³-hybridized carbons (Fsp3) is 0.933. The zero-order valence-electron chi connectivity index (χ0n) is 13.0. The first-order valence-corrected chi connectivity index (χ1v) is 7.61. The largest absolute Gasteiger partial charge is 0.468 e. The lowest BCUT2D eigenvalue weighted by Crippen LogP contribution is -2.57. The highest BCUT2D eigenvalue weighted by atomic mass is 16.5. The molecule has 2 atom stereocenters. The summed E-state index contributed by atoms with van der Waals surface area (Å²) < 4.78 is 4.95. The van der Waals surface area contributed by atoms with Crippen molar-refractivity contribution in [3.8, 4) is 0 Å². The van der Waals surface area contributed by atoms with Crippen molar-refractivity contribution in [3.05, 3.63) is 0 Å². The summed E-state index contributed by atoms with van der Waals surface area (Å²) in [5.41, 5.74) is -0.588. The monoisotopic (exact) mass is 270 g/mol. The second-order valence-corrected chi connectivity index (χ2v) is 5.84. The van der Waals surface area contributed by atoms with E-state index in [-0.39, 0.29) is 5.97 Å². The van der Waals surface area contributed by atoms with Crippen LogP contribution in [0.1, 0.15) is 46.5 Å². The highest BCUT2D eigenvalue weighted by Crippen LogP contribution is 2.21. The van der Waals surface area contributed by atoms with Crippen LogP contribution in [-0.4, -0.2) is 49.7 Å². The van der Waals surface area contributed by atoms with Crippen LogP contribution in [-0.2, 0) is 9.53 Å². The van der Waals surface area contributed by atoms with Gasteiger partial charge in [-0.3, -0.25) is 4.79 Å². The molecule has 4 heteroatoms. The molecule has 0 saturated carbocycles. The smallest absolute Gasteiger partial charge is 0.327 e. The van der Waals surface area contributed by atoms with Crippen LogP contribution in [0.25, 0.3) is 0 Å². The molecule has 1 N–H and O–H groups in total. The minimum Gasteiger partial charge on any atom is -0.468 e. The van der Waals surface area contributed by atoms with Gasteiger partial charge in [0, 0.05) is 6.54 Å². The van der Waals surface area contributed by atoms with Gasteiger partial charge in [0.25, 0.3) is 0 Å². The third kappa shape index (κ3) is 4.77. The zero-order valence-corrected chi connectivity index (χ0v) is 13.0. The van der Waals surface area contributed by atoms with Gasteiger partial charge < -0.3 is 15.0 Å².